The third kappa shape index (κ3) is 6.91. The zero-order valence-electron chi connectivity index (χ0n) is 23.6. The summed E-state index contributed by atoms with van der Waals surface area (Å²) in [6, 6.07) is 6.78. The smallest absolute Gasteiger partial charge is 0.269 e. The molecule has 1 aliphatic rings. The molecule has 0 radical (unpaired) electrons. The van der Waals surface area contributed by atoms with Gasteiger partial charge in [0.1, 0.15) is 0 Å². The molecular formula is C28H35N7O6. The van der Waals surface area contributed by atoms with Gasteiger partial charge in [-0.2, -0.15) is 5.21 Å². The number of methoxy groups -OCH3 is 3. The minimum Gasteiger partial charge on any atom is -0.493 e. The number of H-pyrrole nitrogens is 1. The number of ether oxygens (including phenoxy) is 3. The Balaban J connectivity index is 1.56. The predicted octanol–water partition coefficient (Wildman–Crippen LogP) is 2.99. The fourth-order valence-corrected chi connectivity index (χ4v) is 5.07. The van der Waals surface area contributed by atoms with Crippen LogP contribution in [0.4, 0.5) is 11.6 Å². The maximum absolute atomic E-state index is 13.4. The quantitative estimate of drug-likeness (QED) is 0.239. The van der Waals surface area contributed by atoms with E-state index in [0.29, 0.717) is 60.7 Å². The van der Waals surface area contributed by atoms with E-state index in [1.54, 1.807) is 33.5 Å². The van der Waals surface area contributed by atoms with Crippen LogP contribution in [0.25, 0.3) is 11.1 Å². The number of tetrazole rings is 1. The number of fused-ring (bicyclic) bond motifs is 3. The summed E-state index contributed by atoms with van der Waals surface area (Å²) in [7, 11) is 4.69. The lowest BCUT2D eigenvalue weighted by Gasteiger charge is -2.19. The van der Waals surface area contributed by atoms with Gasteiger partial charge in [0.05, 0.1) is 33.1 Å². The Morgan fingerprint density at radius 3 is 2.54 bits per heavy atom. The molecule has 0 bridgehead atoms. The summed E-state index contributed by atoms with van der Waals surface area (Å²) >= 11 is 0. The summed E-state index contributed by atoms with van der Waals surface area (Å²) in [5, 5.41) is 21.9. The zero-order valence-corrected chi connectivity index (χ0v) is 23.6. The summed E-state index contributed by atoms with van der Waals surface area (Å²) in [6.07, 6.45) is 3.76. The first-order chi connectivity index (χ1) is 19.9. The number of aromatic nitrogens is 4. The second-order valence-electron chi connectivity index (χ2n) is 9.62. The Kier molecular flexibility index (Phi) is 9.72. The molecule has 41 heavy (non-hydrogen) atoms. The van der Waals surface area contributed by atoms with Crippen molar-refractivity contribution in [3.05, 3.63) is 45.6 Å². The Labute approximate surface area is 237 Å². The number of aromatic amines is 1. The Morgan fingerprint density at radius 1 is 1.05 bits per heavy atom. The predicted molar refractivity (Wildman–Crippen MR) is 152 cm³/mol. The van der Waals surface area contributed by atoms with Crippen LogP contribution >= 0.6 is 0 Å². The third-order valence-corrected chi connectivity index (χ3v) is 6.91. The van der Waals surface area contributed by atoms with Gasteiger partial charge in [0.15, 0.2) is 11.5 Å². The molecule has 13 nitrogen and oxygen atoms in total. The van der Waals surface area contributed by atoms with Crippen molar-refractivity contribution in [1.82, 2.24) is 25.9 Å². The molecule has 0 saturated heterocycles. The highest BCUT2D eigenvalue weighted by molar-refractivity contribution is 5.88. The lowest BCUT2D eigenvalue weighted by molar-refractivity contribution is -0.119. The monoisotopic (exact) mass is 565 g/mol. The number of nitrogens with zero attached hydrogens (tertiary/aromatic N) is 3. The van der Waals surface area contributed by atoms with Crippen LogP contribution in [0, 0.1) is 0 Å². The first-order valence-electron chi connectivity index (χ1n) is 13.4. The van der Waals surface area contributed by atoms with E-state index in [9.17, 15) is 14.4 Å². The fraction of sp³-hybridized carbons (Fsp3) is 0.429. The van der Waals surface area contributed by atoms with Gasteiger partial charge in [-0.1, -0.05) is 17.6 Å². The van der Waals surface area contributed by atoms with Gasteiger partial charge in [0, 0.05) is 25.5 Å². The maximum Gasteiger partial charge on any atom is 0.269 e. The van der Waals surface area contributed by atoms with E-state index in [1.165, 1.54) is 6.92 Å². The number of hydrogen-bond acceptors (Lipinski definition) is 10. The molecule has 0 fully saturated rings. The van der Waals surface area contributed by atoms with E-state index in [4.69, 9.17) is 14.2 Å². The second-order valence-corrected chi connectivity index (χ2v) is 9.62. The molecule has 3 aromatic rings. The molecule has 1 heterocycles. The van der Waals surface area contributed by atoms with Crippen LogP contribution in [0.3, 0.4) is 0 Å². The van der Waals surface area contributed by atoms with Crippen molar-refractivity contribution in [2.45, 2.75) is 51.5 Å². The normalized spacial score (nSPS) is 13.7. The van der Waals surface area contributed by atoms with Gasteiger partial charge < -0.3 is 24.8 Å². The van der Waals surface area contributed by atoms with Crippen molar-refractivity contribution < 1.29 is 23.8 Å². The fourth-order valence-electron chi connectivity index (χ4n) is 5.07. The van der Waals surface area contributed by atoms with Gasteiger partial charge in [0.2, 0.25) is 23.0 Å². The van der Waals surface area contributed by atoms with Gasteiger partial charge in [-0.25, -0.2) is 0 Å². The standard InChI is InChI=1S/C28H35N7O6/c1-16(36)30-20-11-9-17-14-23(39-2)26(40-3)27(41-4)25(17)18-10-12-21(22(37)15-19(18)20)29-13-7-5-6-8-24(38)31-28-32-34-35-33-28/h10,12,14-15,20H,5-9,11,13H2,1-4H3,(H,29,37)(H,30,36)(H2,31,32,33,34,35,38). The molecule has 13 heteroatoms. The largest absolute Gasteiger partial charge is 0.493 e. The minimum absolute atomic E-state index is 0.147. The van der Waals surface area contributed by atoms with Crippen molar-refractivity contribution >= 4 is 23.5 Å². The highest BCUT2D eigenvalue weighted by Crippen LogP contribution is 2.50. The van der Waals surface area contributed by atoms with Crippen LogP contribution in [-0.2, 0) is 16.0 Å². The summed E-state index contributed by atoms with van der Waals surface area (Å²) in [4.78, 5) is 37.4. The van der Waals surface area contributed by atoms with Gasteiger partial charge in [-0.15, -0.1) is 5.10 Å². The zero-order chi connectivity index (χ0) is 29.4. The van der Waals surface area contributed by atoms with E-state index in [0.717, 1.165) is 29.5 Å². The van der Waals surface area contributed by atoms with Crippen LogP contribution in [0.2, 0.25) is 0 Å². The number of hydrogen-bond donors (Lipinski definition) is 4. The number of rotatable bonds is 12. The molecule has 1 aliphatic carbocycles. The molecule has 2 amide bonds. The molecule has 0 spiro atoms. The average Bonchev–Trinajstić information content (AvgIpc) is 3.35. The minimum atomic E-state index is -0.372. The Bertz CT molecular complexity index is 1440. The summed E-state index contributed by atoms with van der Waals surface area (Å²) < 4.78 is 17.0. The molecule has 0 saturated carbocycles. The SMILES string of the molecule is COc1cc2c(c(OC)c1OC)-c1ccc(NCCCCCC(=O)Nc3nn[nH]n3)c(=O)cc1C(NC(C)=O)CC2. The van der Waals surface area contributed by atoms with Gasteiger partial charge >= 0.3 is 0 Å². The van der Waals surface area contributed by atoms with Crippen molar-refractivity contribution in [3.63, 3.8) is 0 Å². The molecule has 2 aromatic carbocycles. The van der Waals surface area contributed by atoms with Gasteiger partial charge in [0.25, 0.3) is 5.95 Å². The Hall–Kier alpha value is -4.68. The van der Waals surface area contributed by atoms with Crippen molar-refractivity contribution in [1.29, 1.82) is 0 Å². The van der Waals surface area contributed by atoms with E-state index < -0.39 is 0 Å². The van der Waals surface area contributed by atoms with Crippen LogP contribution in [0.15, 0.2) is 29.1 Å². The molecular weight excluding hydrogens is 530 g/mol. The second kappa shape index (κ2) is 13.6. The highest BCUT2D eigenvalue weighted by atomic mass is 16.5. The first kappa shape index (κ1) is 29.3. The number of benzene rings is 1. The highest BCUT2D eigenvalue weighted by Gasteiger charge is 2.29. The summed E-state index contributed by atoms with van der Waals surface area (Å²) in [6.45, 7) is 2.02. The van der Waals surface area contributed by atoms with Crippen molar-refractivity contribution in [2.24, 2.45) is 0 Å². The molecule has 4 N–H and O–H groups in total. The van der Waals surface area contributed by atoms with E-state index in [2.05, 4.69) is 36.6 Å². The lowest BCUT2D eigenvalue weighted by Crippen LogP contribution is -2.26. The van der Waals surface area contributed by atoms with Crippen LogP contribution in [-0.4, -0.2) is 60.3 Å². The number of carbonyl (C=O) groups is 2. The average molecular weight is 566 g/mol. The number of unbranched alkanes of at least 4 members (excludes halogenated alkanes) is 2. The first-order valence-corrected chi connectivity index (χ1v) is 13.4. The van der Waals surface area contributed by atoms with E-state index >= 15 is 0 Å². The van der Waals surface area contributed by atoms with E-state index in [-0.39, 0.29) is 29.2 Å². The van der Waals surface area contributed by atoms with Crippen molar-refractivity contribution in [3.8, 4) is 28.4 Å². The number of aryl methyl sites for hydroxylation is 1. The van der Waals surface area contributed by atoms with Crippen LogP contribution in [0.1, 0.15) is 56.2 Å². The van der Waals surface area contributed by atoms with Crippen LogP contribution < -0.4 is 35.6 Å². The molecule has 1 atom stereocenters. The molecule has 0 aliphatic heterocycles. The van der Waals surface area contributed by atoms with Gasteiger partial charge in [-0.05, 0) is 65.8 Å². The number of nitrogens with one attached hydrogen (secondary N) is 4. The lowest BCUT2D eigenvalue weighted by atomic mass is 9.95. The Morgan fingerprint density at radius 2 is 1.85 bits per heavy atom. The number of anilines is 2. The molecule has 1 unspecified atom stereocenters. The molecule has 1 aromatic heterocycles. The molecule has 4 rings (SSSR count). The van der Waals surface area contributed by atoms with E-state index in [1.807, 2.05) is 12.1 Å². The maximum atomic E-state index is 13.4. The summed E-state index contributed by atoms with van der Waals surface area (Å²) in [5.41, 5.74) is 3.49. The number of carbonyl (C=O) groups excluding carboxylic acids is 2. The molecule has 218 valence electrons. The van der Waals surface area contributed by atoms with Gasteiger partial charge in [-0.3, -0.25) is 19.7 Å². The van der Waals surface area contributed by atoms with Crippen LogP contribution in [0.5, 0.6) is 17.2 Å². The van der Waals surface area contributed by atoms with Crippen molar-refractivity contribution in [2.75, 3.05) is 38.5 Å². The summed E-state index contributed by atoms with van der Waals surface area (Å²) in [5.74, 6) is 1.28. The topological polar surface area (TPSA) is 169 Å². The third-order valence-electron chi connectivity index (χ3n) is 6.91. The number of amides is 2.